The fourth-order valence-electron chi connectivity index (χ4n) is 2.68. The Labute approximate surface area is 81.3 Å². The summed E-state index contributed by atoms with van der Waals surface area (Å²) in [5.41, 5.74) is 0. The summed E-state index contributed by atoms with van der Waals surface area (Å²) in [6, 6.07) is 1.39. The van der Waals surface area contributed by atoms with Crippen LogP contribution in [0.15, 0.2) is 0 Å². The summed E-state index contributed by atoms with van der Waals surface area (Å²) in [6.07, 6.45) is 2.68. The van der Waals surface area contributed by atoms with Crippen molar-refractivity contribution in [3.05, 3.63) is 0 Å². The molecule has 3 atom stereocenters. The zero-order valence-corrected chi connectivity index (χ0v) is 8.99. The lowest BCUT2D eigenvalue weighted by Crippen LogP contribution is -2.55. The molecular weight excluding hydrogens is 162 g/mol. The van der Waals surface area contributed by atoms with Crippen LogP contribution in [0, 0.1) is 11.8 Å². The first-order valence-corrected chi connectivity index (χ1v) is 5.48. The lowest BCUT2D eigenvalue weighted by atomic mass is 9.79. The molecule has 2 aliphatic rings. The van der Waals surface area contributed by atoms with E-state index in [0.29, 0.717) is 12.1 Å². The lowest BCUT2D eigenvalue weighted by Gasteiger charge is -2.47. The summed E-state index contributed by atoms with van der Waals surface area (Å²) in [5.74, 6) is 1.77. The van der Waals surface area contributed by atoms with Crippen LogP contribution in [0.25, 0.3) is 0 Å². The minimum atomic E-state index is 0.694. The summed E-state index contributed by atoms with van der Waals surface area (Å²) in [6.45, 7) is 6.62. The van der Waals surface area contributed by atoms with E-state index in [0.717, 1.165) is 25.0 Å². The van der Waals surface area contributed by atoms with Gasteiger partial charge in [-0.25, -0.2) is 0 Å². The van der Waals surface area contributed by atoms with Crippen LogP contribution in [0.2, 0.25) is 0 Å². The first-order valence-electron chi connectivity index (χ1n) is 5.48. The van der Waals surface area contributed by atoms with Crippen LogP contribution < -0.4 is 0 Å². The van der Waals surface area contributed by atoms with Gasteiger partial charge in [0, 0.05) is 12.1 Å². The molecule has 2 nitrogen and oxygen atoms in total. The van der Waals surface area contributed by atoms with E-state index >= 15 is 0 Å². The molecule has 0 unspecified atom stereocenters. The van der Waals surface area contributed by atoms with Gasteiger partial charge in [-0.1, -0.05) is 13.8 Å². The third-order valence-electron chi connectivity index (χ3n) is 3.86. The molecule has 2 aliphatic heterocycles. The van der Waals surface area contributed by atoms with Crippen LogP contribution >= 0.6 is 0 Å². The highest BCUT2D eigenvalue weighted by Gasteiger charge is 2.37. The van der Waals surface area contributed by atoms with Crippen molar-refractivity contribution in [2.75, 3.05) is 20.3 Å². The molecule has 0 aromatic rings. The Kier molecular flexibility index (Phi) is 2.61. The molecule has 13 heavy (non-hydrogen) atoms. The van der Waals surface area contributed by atoms with Crippen LogP contribution in [-0.2, 0) is 4.74 Å². The second kappa shape index (κ2) is 3.58. The Hall–Kier alpha value is -0.0800. The van der Waals surface area contributed by atoms with E-state index < -0.39 is 0 Å². The maximum atomic E-state index is 5.59. The van der Waals surface area contributed by atoms with Crippen LogP contribution in [0.5, 0.6) is 0 Å². The number of nitrogens with zero attached hydrogens (tertiary/aromatic N) is 1. The van der Waals surface area contributed by atoms with Gasteiger partial charge < -0.3 is 4.74 Å². The Morgan fingerprint density at radius 1 is 1.15 bits per heavy atom. The summed E-state index contributed by atoms with van der Waals surface area (Å²) < 4.78 is 5.59. The minimum absolute atomic E-state index is 0.694. The van der Waals surface area contributed by atoms with E-state index in [1.807, 2.05) is 0 Å². The molecule has 2 fully saturated rings. The van der Waals surface area contributed by atoms with Gasteiger partial charge >= 0.3 is 0 Å². The highest BCUT2D eigenvalue weighted by molar-refractivity contribution is 4.90. The molecule has 0 saturated carbocycles. The van der Waals surface area contributed by atoms with Crippen molar-refractivity contribution in [3.63, 3.8) is 0 Å². The number of morpholine rings is 1. The van der Waals surface area contributed by atoms with Crippen molar-refractivity contribution < 1.29 is 4.74 Å². The number of likely N-dealkylation sites (N-methyl/N-ethyl adjacent to an activating group) is 1. The quantitative estimate of drug-likeness (QED) is 0.614. The van der Waals surface area contributed by atoms with Gasteiger partial charge in [-0.2, -0.15) is 0 Å². The zero-order chi connectivity index (χ0) is 9.42. The molecule has 2 saturated heterocycles. The van der Waals surface area contributed by atoms with E-state index in [2.05, 4.69) is 25.8 Å². The molecular formula is C11H21NO. The molecule has 76 valence electrons. The molecule has 0 aromatic carbocycles. The van der Waals surface area contributed by atoms with Crippen molar-refractivity contribution >= 4 is 0 Å². The minimum Gasteiger partial charge on any atom is -0.378 e. The van der Waals surface area contributed by atoms with Crippen molar-refractivity contribution in [1.82, 2.24) is 4.90 Å². The summed E-state index contributed by atoms with van der Waals surface area (Å²) in [4.78, 5) is 2.53. The molecule has 2 rings (SSSR count). The maximum absolute atomic E-state index is 5.59. The normalized spacial score (nSPS) is 41.1. The number of hydrogen-bond acceptors (Lipinski definition) is 2. The number of hydrogen-bond donors (Lipinski definition) is 0. The van der Waals surface area contributed by atoms with E-state index in [9.17, 15) is 0 Å². The molecule has 0 aliphatic carbocycles. The SMILES string of the molecule is CC(C)[C@@H]1C[C@H]2COC[C@@H](C1)N2C. The first kappa shape index (κ1) is 9.47. The number of rotatable bonds is 1. The smallest absolute Gasteiger partial charge is 0.0622 e. The zero-order valence-electron chi connectivity index (χ0n) is 8.99. The van der Waals surface area contributed by atoms with E-state index in [4.69, 9.17) is 4.74 Å². The van der Waals surface area contributed by atoms with Crippen molar-refractivity contribution in [3.8, 4) is 0 Å². The molecule has 2 heterocycles. The highest BCUT2D eigenvalue weighted by atomic mass is 16.5. The van der Waals surface area contributed by atoms with Gasteiger partial charge in [0.2, 0.25) is 0 Å². The lowest BCUT2D eigenvalue weighted by molar-refractivity contribution is -0.0803. The number of piperidine rings is 1. The van der Waals surface area contributed by atoms with Gasteiger partial charge in [0.15, 0.2) is 0 Å². The summed E-state index contributed by atoms with van der Waals surface area (Å²) in [5, 5.41) is 0. The molecule has 2 bridgehead atoms. The second-order valence-corrected chi connectivity index (χ2v) is 4.99. The van der Waals surface area contributed by atoms with E-state index in [1.165, 1.54) is 12.8 Å². The molecule has 0 amide bonds. The van der Waals surface area contributed by atoms with E-state index in [1.54, 1.807) is 0 Å². The molecule has 0 radical (unpaired) electrons. The van der Waals surface area contributed by atoms with Gasteiger partial charge in [0.25, 0.3) is 0 Å². The predicted molar refractivity (Wildman–Crippen MR) is 53.7 cm³/mol. The van der Waals surface area contributed by atoms with Gasteiger partial charge in [-0.15, -0.1) is 0 Å². The van der Waals surface area contributed by atoms with Gasteiger partial charge in [0.1, 0.15) is 0 Å². The van der Waals surface area contributed by atoms with Crippen LogP contribution in [0.1, 0.15) is 26.7 Å². The van der Waals surface area contributed by atoms with Gasteiger partial charge in [-0.3, -0.25) is 4.90 Å². The first-order chi connectivity index (χ1) is 6.18. The number of fused-ring (bicyclic) bond motifs is 2. The van der Waals surface area contributed by atoms with Crippen molar-refractivity contribution in [1.29, 1.82) is 0 Å². The fourth-order valence-corrected chi connectivity index (χ4v) is 2.68. The fraction of sp³-hybridized carbons (Fsp3) is 1.00. The van der Waals surface area contributed by atoms with Crippen molar-refractivity contribution in [2.24, 2.45) is 11.8 Å². The molecule has 0 spiro atoms. The van der Waals surface area contributed by atoms with Gasteiger partial charge in [-0.05, 0) is 31.7 Å². The second-order valence-electron chi connectivity index (χ2n) is 4.99. The standard InChI is InChI=1S/C11H21NO/c1-8(2)9-4-10-6-13-7-11(5-9)12(10)3/h8-11H,4-7H2,1-3H3/t9-,10+,11-. The Bertz CT molecular complexity index is 167. The number of ether oxygens (including phenoxy) is 1. The Balaban J connectivity index is 2.03. The van der Waals surface area contributed by atoms with E-state index in [-0.39, 0.29) is 0 Å². The van der Waals surface area contributed by atoms with Gasteiger partial charge in [0.05, 0.1) is 13.2 Å². The third-order valence-corrected chi connectivity index (χ3v) is 3.86. The Morgan fingerprint density at radius 2 is 1.69 bits per heavy atom. The van der Waals surface area contributed by atoms with Crippen LogP contribution in [0.4, 0.5) is 0 Å². The van der Waals surface area contributed by atoms with Crippen molar-refractivity contribution in [2.45, 2.75) is 38.8 Å². The van der Waals surface area contributed by atoms with Crippen LogP contribution in [0.3, 0.4) is 0 Å². The highest BCUT2D eigenvalue weighted by Crippen LogP contribution is 2.34. The Morgan fingerprint density at radius 3 is 2.15 bits per heavy atom. The van der Waals surface area contributed by atoms with Crippen LogP contribution in [-0.4, -0.2) is 37.2 Å². The predicted octanol–water partition coefficient (Wildman–Crippen LogP) is 1.75. The average Bonchev–Trinajstić information content (AvgIpc) is 2.02. The topological polar surface area (TPSA) is 12.5 Å². The monoisotopic (exact) mass is 183 g/mol. The summed E-state index contributed by atoms with van der Waals surface area (Å²) in [7, 11) is 2.26. The molecule has 2 heteroatoms. The maximum Gasteiger partial charge on any atom is 0.0622 e. The third kappa shape index (κ3) is 1.75. The largest absolute Gasteiger partial charge is 0.378 e. The average molecular weight is 183 g/mol. The molecule has 0 N–H and O–H groups in total. The summed E-state index contributed by atoms with van der Waals surface area (Å²) >= 11 is 0. The molecule has 0 aromatic heterocycles.